The summed E-state index contributed by atoms with van der Waals surface area (Å²) in [6.45, 7) is 4.04. The fourth-order valence-corrected chi connectivity index (χ4v) is 2.91. The quantitative estimate of drug-likeness (QED) is 0.892. The molecule has 1 aliphatic rings. The van der Waals surface area contributed by atoms with Crippen molar-refractivity contribution in [2.24, 2.45) is 17.4 Å². The normalized spacial score (nSPS) is 21.1. The SMILES string of the molecule is CC(N)C1CCN(c2ccc(C(N)=O)c(Br)c2)C1. The number of hydrogen-bond acceptors (Lipinski definition) is 3. The fraction of sp³-hybridized carbons (Fsp3) is 0.462. The van der Waals surface area contributed by atoms with Crippen LogP contribution >= 0.6 is 15.9 Å². The summed E-state index contributed by atoms with van der Waals surface area (Å²) in [5.41, 5.74) is 12.8. The highest BCUT2D eigenvalue weighted by atomic mass is 79.9. The van der Waals surface area contributed by atoms with Crippen LogP contribution in [0, 0.1) is 5.92 Å². The van der Waals surface area contributed by atoms with Crippen molar-refractivity contribution in [3.8, 4) is 0 Å². The molecule has 2 unspecified atom stereocenters. The molecule has 1 heterocycles. The molecule has 1 amide bonds. The molecule has 1 fully saturated rings. The largest absolute Gasteiger partial charge is 0.371 e. The lowest BCUT2D eigenvalue weighted by Crippen LogP contribution is -2.29. The number of benzene rings is 1. The Morgan fingerprint density at radius 2 is 2.28 bits per heavy atom. The third-order valence-electron chi connectivity index (χ3n) is 3.55. The Kier molecular flexibility index (Phi) is 3.92. The molecule has 1 aromatic rings. The number of anilines is 1. The minimum atomic E-state index is -0.414. The van der Waals surface area contributed by atoms with Gasteiger partial charge in [0.05, 0.1) is 5.56 Å². The zero-order chi connectivity index (χ0) is 13.3. The summed E-state index contributed by atoms with van der Waals surface area (Å²) in [4.78, 5) is 13.5. The number of nitrogens with two attached hydrogens (primary N) is 2. The Bertz CT molecular complexity index is 462. The van der Waals surface area contributed by atoms with E-state index in [4.69, 9.17) is 11.5 Å². The first-order chi connectivity index (χ1) is 8.49. The van der Waals surface area contributed by atoms with Gasteiger partial charge in [-0.3, -0.25) is 4.79 Å². The third-order valence-corrected chi connectivity index (χ3v) is 4.21. The molecule has 1 aliphatic heterocycles. The summed E-state index contributed by atoms with van der Waals surface area (Å²) in [5, 5.41) is 0. The predicted octanol–water partition coefficient (Wildman–Crippen LogP) is 1.72. The molecule has 4 N–H and O–H groups in total. The van der Waals surface area contributed by atoms with Gasteiger partial charge in [0.15, 0.2) is 0 Å². The second-order valence-electron chi connectivity index (χ2n) is 4.88. The number of halogens is 1. The number of rotatable bonds is 3. The molecule has 0 radical (unpaired) electrons. The van der Waals surface area contributed by atoms with Crippen molar-refractivity contribution >= 4 is 27.5 Å². The molecule has 2 atom stereocenters. The highest BCUT2D eigenvalue weighted by molar-refractivity contribution is 9.10. The molecule has 1 aromatic carbocycles. The van der Waals surface area contributed by atoms with Crippen LogP contribution in [0.4, 0.5) is 5.69 Å². The van der Waals surface area contributed by atoms with E-state index in [1.165, 1.54) is 0 Å². The first-order valence-corrected chi connectivity index (χ1v) is 6.88. The van der Waals surface area contributed by atoms with Gasteiger partial charge in [0.1, 0.15) is 0 Å². The van der Waals surface area contributed by atoms with Crippen LogP contribution in [-0.2, 0) is 0 Å². The van der Waals surface area contributed by atoms with Crippen LogP contribution in [0.5, 0.6) is 0 Å². The van der Waals surface area contributed by atoms with Crippen molar-refractivity contribution in [3.05, 3.63) is 28.2 Å². The number of carbonyl (C=O) groups excluding carboxylic acids is 1. The van der Waals surface area contributed by atoms with Crippen molar-refractivity contribution in [1.82, 2.24) is 0 Å². The second-order valence-corrected chi connectivity index (χ2v) is 5.74. The minimum absolute atomic E-state index is 0.225. The van der Waals surface area contributed by atoms with E-state index in [9.17, 15) is 4.79 Å². The molecule has 0 bridgehead atoms. The van der Waals surface area contributed by atoms with Crippen LogP contribution < -0.4 is 16.4 Å². The first kappa shape index (κ1) is 13.4. The monoisotopic (exact) mass is 311 g/mol. The summed E-state index contributed by atoms with van der Waals surface area (Å²) in [6.07, 6.45) is 1.12. The maximum Gasteiger partial charge on any atom is 0.249 e. The zero-order valence-electron chi connectivity index (χ0n) is 10.4. The highest BCUT2D eigenvalue weighted by Crippen LogP contribution is 2.29. The fourth-order valence-electron chi connectivity index (χ4n) is 2.35. The molecule has 0 aromatic heterocycles. The number of nitrogens with zero attached hydrogens (tertiary/aromatic N) is 1. The Hall–Kier alpha value is -1.07. The van der Waals surface area contributed by atoms with Crippen molar-refractivity contribution in [2.45, 2.75) is 19.4 Å². The van der Waals surface area contributed by atoms with Gasteiger partial charge in [0, 0.05) is 29.3 Å². The summed E-state index contributed by atoms with van der Waals surface area (Å²) in [7, 11) is 0. The van der Waals surface area contributed by atoms with Crippen molar-refractivity contribution in [2.75, 3.05) is 18.0 Å². The van der Waals surface area contributed by atoms with Crippen molar-refractivity contribution < 1.29 is 4.79 Å². The maximum absolute atomic E-state index is 11.2. The lowest BCUT2D eigenvalue weighted by molar-refractivity contribution is 0.0999. The maximum atomic E-state index is 11.2. The summed E-state index contributed by atoms with van der Waals surface area (Å²) >= 11 is 3.39. The molecular weight excluding hydrogens is 294 g/mol. The third kappa shape index (κ3) is 2.67. The van der Waals surface area contributed by atoms with Crippen molar-refractivity contribution in [3.63, 3.8) is 0 Å². The highest BCUT2D eigenvalue weighted by Gasteiger charge is 2.25. The van der Waals surface area contributed by atoms with Crippen LogP contribution in [0.15, 0.2) is 22.7 Å². The standard InChI is InChI=1S/C13H18BrN3O/c1-8(15)9-4-5-17(7-9)10-2-3-11(13(16)18)12(14)6-10/h2-3,6,8-9H,4-5,7,15H2,1H3,(H2,16,18). The molecule has 2 rings (SSSR count). The number of amides is 1. The van der Waals surface area contributed by atoms with Gasteiger partial charge in [-0.05, 0) is 53.4 Å². The number of carbonyl (C=O) groups is 1. The van der Waals surface area contributed by atoms with E-state index in [0.29, 0.717) is 11.5 Å². The summed E-state index contributed by atoms with van der Waals surface area (Å²) < 4.78 is 0.747. The molecular formula is C13H18BrN3O. The van der Waals surface area contributed by atoms with Gasteiger partial charge in [-0.25, -0.2) is 0 Å². The average Bonchev–Trinajstić information content (AvgIpc) is 2.77. The number of hydrogen-bond donors (Lipinski definition) is 2. The van der Waals surface area contributed by atoms with Gasteiger partial charge in [-0.15, -0.1) is 0 Å². The smallest absolute Gasteiger partial charge is 0.249 e. The second kappa shape index (κ2) is 5.28. The molecule has 18 heavy (non-hydrogen) atoms. The van der Waals surface area contributed by atoms with Gasteiger partial charge < -0.3 is 16.4 Å². The molecule has 5 heteroatoms. The lowest BCUT2D eigenvalue weighted by atomic mass is 10.0. The van der Waals surface area contributed by atoms with E-state index in [1.54, 1.807) is 6.07 Å². The lowest BCUT2D eigenvalue weighted by Gasteiger charge is -2.20. The van der Waals surface area contributed by atoms with Crippen LogP contribution in [0.25, 0.3) is 0 Å². The Balaban J connectivity index is 2.16. The van der Waals surface area contributed by atoms with Crippen LogP contribution in [-0.4, -0.2) is 25.0 Å². The molecule has 0 aliphatic carbocycles. The zero-order valence-corrected chi connectivity index (χ0v) is 12.0. The summed E-state index contributed by atoms with van der Waals surface area (Å²) in [6, 6.07) is 5.88. The van der Waals surface area contributed by atoms with Gasteiger partial charge in [0.25, 0.3) is 0 Å². The predicted molar refractivity (Wildman–Crippen MR) is 76.6 cm³/mol. The Labute approximate surface area is 115 Å². The molecule has 4 nitrogen and oxygen atoms in total. The van der Waals surface area contributed by atoms with E-state index < -0.39 is 5.91 Å². The van der Waals surface area contributed by atoms with E-state index in [0.717, 1.165) is 29.7 Å². The van der Waals surface area contributed by atoms with Gasteiger partial charge in [-0.1, -0.05) is 0 Å². The van der Waals surface area contributed by atoms with E-state index >= 15 is 0 Å². The first-order valence-electron chi connectivity index (χ1n) is 6.09. The Morgan fingerprint density at radius 3 is 2.78 bits per heavy atom. The number of primary amides is 1. The molecule has 1 saturated heterocycles. The minimum Gasteiger partial charge on any atom is -0.371 e. The molecule has 0 saturated carbocycles. The van der Waals surface area contributed by atoms with Crippen LogP contribution in [0.3, 0.4) is 0 Å². The Morgan fingerprint density at radius 1 is 1.56 bits per heavy atom. The molecule has 98 valence electrons. The summed E-state index contributed by atoms with van der Waals surface area (Å²) in [5.74, 6) is 0.128. The van der Waals surface area contributed by atoms with E-state index in [1.807, 2.05) is 12.1 Å². The van der Waals surface area contributed by atoms with Gasteiger partial charge in [-0.2, -0.15) is 0 Å². The average molecular weight is 312 g/mol. The molecule has 0 spiro atoms. The van der Waals surface area contributed by atoms with Gasteiger partial charge in [0.2, 0.25) is 5.91 Å². The van der Waals surface area contributed by atoms with Crippen molar-refractivity contribution in [1.29, 1.82) is 0 Å². The van der Waals surface area contributed by atoms with Crippen LogP contribution in [0.2, 0.25) is 0 Å². The van der Waals surface area contributed by atoms with Crippen LogP contribution in [0.1, 0.15) is 23.7 Å². The van der Waals surface area contributed by atoms with E-state index in [-0.39, 0.29) is 6.04 Å². The van der Waals surface area contributed by atoms with Gasteiger partial charge >= 0.3 is 0 Å². The topological polar surface area (TPSA) is 72.3 Å². The van der Waals surface area contributed by atoms with E-state index in [2.05, 4.69) is 27.8 Å².